The molecule has 3 aromatic heterocycles. The number of anilines is 4. The van der Waals surface area contributed by atoms with Crippen LogP contribution < -0.4 is 14.5 Å². The molecule has 0 amide bonds. The molecule has 69 heavy (non-hydrogen) atoms. The number of hydrogen-bond acceptors (Lipinski definition) is 5. The van der Waals surface area contributed by atoms with E-state index in [4.69, 9.17) is 14.7 Å². The van der Waals surface area contributed by atoms with Crippen LogP contribution in [0.5, 0.6) is 11.5 Å². The second-order valence-electron chi connectivity index (χ2n) is 20.0. The molecular formula is C63H55N5O. The molecule has 1 aliphatic carbocycles. The van der Waals surface area contributed by atoms with Gasteiger partial charge in [-0.25, -0.2) is 9.97 Å². The highest BCUT2D eigenvalue weighted by Gasteiger charge is 2.58. The third-order valence-electron chi connectivity index (χ3n) is 15.3. The highest BCUT2D eigenvalue weighted by atomic mass is 16.5. The number of hydrogen-bond donors (Lipinski definition) is 0. The Hall–Kier alpha value is -7.96. The normalized spacial score (nSPS) is 15.9. The molecule has 0 unspecified atom stereocenters. The van der Waals surface area contributed by atoms with Crippen molar-refractivity contribution >= 4 is 44.7 Å². The molecule has 0 N–H and O–H groups in total. The number of ether oxygens (including phenoxy) is 1. The number of benzene rings is 7. The van der Waals surface area contributed by atoms with Crippen LogP contribution in [-0.4, -0.2) is 21.2 Å². The molecule has 7 aromatic carbocycles. The van der Waals surface area contributed by atoms with Gasteiger partial charge in [0.15, 0.2) is 5.82 Å². The molecule has 0 atom stereocenters. The molecule has 338 valence electrons. The van der Waals surface area contributed by atoms with Crippen LogP contribution >= 0.6 is 0 Å². The smallest absolute Gasteiger partial charge is 0.158 e. The molecule has 12 rings (SSSR count). The van der Waals surface area contributed by atoms with Crippen LogP contribution in [0, 0.1) is 10.8 Å². The largest absolute Gasteiger partial charge is 0.457 e. The second-order valence-corrected chi connectivity index (χ2v) is 20.0. The summed E-state index contributed by atoms with van der Waals surface area (Å²) in [7, 11) is 0. The van der Waals surface area contributed by atoms with Gasteiger partial charge in [0.25, 0.3) is 0 Å². The summed E-state index contributed by atoms with van der Waals surface area (Å²) in [4.78, 5) is 14.9. The van der Waals surface area contributed by atoms with Crippen LogP contribution in [0.3, 0.4) is 0 Å². The van der Waals surface area contributed by atoms with Crippen molar-refractivity contribution in [2.24, 2.45) is 10.8 Å². The van der Waals surface area contributed by atoms with Crippen molar-refractivity contribution in [2.45, 2.75) is 52.4 Å². The first kappa shape index (κ1) is 42.4. The van der Waals surface area contributed by atoms with E-state index >= 15 is 0 Å². The van der Waals surface area contributed by atoms with Crippen molar-refractivity contribution in [2.75, 3.05) is 16.5 Å². The minimum Gasteiger partial charge on any atom is -0.457 e. The van der Waals surface area contributed by atoms with E-state index in [9.17, 15) is 0 Å². The number of aromatic nitrogens is 3. The molecular weight excluding hydrogens is 843 g/mol. The van der Waals surface area contributed by atoms with E-state index in [-0.39, 0.29) is 16.2 Å². The van der Waals surface area contributed by atoms with Crippen molar-refractivity contribution < 1.29 is 4.74 Å². The zero-order chi connectivity index (χ0) is 46.7. The fourth-order valence-corrected chi connectivity index (χ4v) is 12.6. The molecule has 6 heteroatoms. The molecule has 0 saturated heterocycles. The van der Waals surface area contributed by atoms with Gasteiger partial charge in [-0.15, -0.1) is 0 Å². The summed E-state index contributed by atoms with van der Waals surface area (Å²) >= 11 is 0. The van der Waals surface area contributed by atoms with Crippen molar-refractivity contribution in [1.82, 2.24) is 14.5 Å². The van der Waals surface area contributed by atoms with Crippen LogP contribution in [0.25, 0.3) is 49.9 Å². The van der Waals surface area contributed by atoms with Crippen molar-refractivity contribution in [1.29, 1.82) is 0 Å². The lowest BCUT2D eigenvalue weighted by molar-refractivity contribution is 0.00547. The summed E-state index contributed by atoms with van der Waals surface area (Å²) < 4.78 is 9.21. The van der Waals surface area contributed by atoms with Crippen LogP contribution in [-0.2, 0) is 5.41 Å². The Labute approximate surface area is 405 Å². The first-order chi connectivity index (χ1) is 33.7. The minimum absolute atomic E-state index is 0.00561. The number of rotatable bonds is 9. The summed E-state index contributed by atoms with van der Waals surface area (Å²) in [5.41, 5.74) is 12.4. The Morgan fingerprint density at radius 2 is 1.12 bits per heavy atom. The fourth-order valence-electron chi connectivity index (χ4n) is 12.6. The molecule has 0 radical (unpaired) electrons. The summed E-state index contributed by atoms with van der Waals surface area (Å²) in [5.74, 6) is 3.29. The summed E-state index contributed by atoms with van der Waals surface area (Å²) in [6.45, 7) is 10.5. The van der Waals surface area contributed by atoms with Crippen LogP contribution in [0.15, 0.2) is 213 Å². The second kappa shape index (κ2) is 16.7. The summed E-state index contributed by atoms with van der Waals surface area (Å²) in [6.07, 6.45) is 7.42. The van der Waals surface area contributed by atoms with E-state index < -0.39 is 0 Å². The number of para-hydroxylation sites is 2. The average Bonchev–Trinajstić information content (AvgIpc) is 3.93. The Kier molecular flexibility index (Phi) is 10.2. The average molecular weight is 898 g/mol. The van der Waals surface area contributed by atoms with Gasteiger partial charge in [0.2, 0.25) is 0 Å². The maximum atomic E-state index is 6.88. The SMILES string of the molecule is CC1(C)CCCC(C)(C)C1(c1ccccc1)c1ccnc(-n2c3ccccc3c3ccc(Oc4cccc(N5CN(c6c(-c7ccccc7)cccc6-c6ccccc6)c6cccnc65)c4)cc32)c1. The zero-order valence-corrected chi connectivity index (χ0v) is 39.7. The molecule has 4 heterocycles. The Morgan fingerprint density at radius 1 is 0.478 bits per heavy atom. The third kappa shape index (κ3) is 6.91. The highest BCUT2D eigenvalue weighted by Crippen LogP contribution is 2.64. The van der Waals surface area contributed by atoms with E-state index in [1.807, 2.05) is 24.5 Å². The zero-order valence-electron chi connectivity index (χ0n) is 39.7. The van der Waals surface area contributed by atoms with Gasteiger partial charge in [-0.05, 0) is 101 Å². The maximum Gasteiger partial charge on any atom is 0.158 e. The first-order valence-electron chi connectivity index (χ1n) is 24.3. The summed E-state index contributed by atoms with van der Waals surface area (Å²) in [5, 5.41) is 2.33. The number of nitrogens with zero attached hydrogens (tertiary/aromatic N) is 5. The Bertz CT molecular complexity index is 3430. The van der Waals surface area contributed by atoms with Gasteiger partial charge in [-0.1, -0.05) is 168 Å². The topological polar surface area (TPSA) is 46.4 Å². The van der Waals surface area contributed by atoms with E-state index in [1.54, 1.807) is 0 Å². The third-order valence-corrected chi connectivity index (χ3v) is 15.3. The van der Waals surface area contributed by atoms with E-state index in [2.05, 4.69) is 230 Å². The summed E-state index contributed by atoms with van der Waals surface area (Å²) in [6, 6.07) is 71.6. The minimum atomic E-state index is -0.243. The standard InChI is InChI=1S/C63H55N5O/c1-61(2)36-19-37-62(3,4)63(61,46-24-12-7-13-25-46)47-35-39-64-58(40-47)68-55-31-15-14-28-53(55)54-34-33-50(42-57(54)68)69-49-27-16-26-48(41-49)66-43-67(56-32-18-38-65-60(56)66)59-51(44-20-8-5-9-21-44)29-17-30-52(59)45-22-10-6-11-23-45/h5-18,20-35,38-42H,19,36-37,43H2,1-4H3. The van der Waals surface area contributed by atoms with E-state index in [0.717, 1.165) is 91.7 Å². The van der Waals surface area contributed by atoms with Gasteiger partial charge < -0.3 is 14.5 Å². The van der Waals surface area contributed by atoms with Gasteiger partial charge in [-0.2, -0.15) is 0 Å². The van der Waals surface area contributed by atoms with Gasteiger partial charge in [-0.3, -0.25) is 4.57 Å². The quantitative estimate of drug-likeness (QED) is 0.144. The van der Waals surface area contributed by atoms with Gasteiger partial charge in [0, 0.05) is 57.5 Å². The lowest BCUT2D eigenvalue weighted by Gasteiger charge is -2.60. The van der Waals surface area contributed by atoms with Crippen LogP contribution in [0.1, 0.15) is 58.1 Å². The van der Waals surface area contributed by atoms with E-state index in [1.165, 1.54) is 22.9 Å². The first-order valence-corrected chi connectivity index (χ1v) is 24.3. The van der Waals surface area contributed by atoms with Gasteiger partial charge in [0.05, 0.1) is 22.4 Å². The Balaban J connectivity index is 0.929. The monoisotopic (exact) mass is 897 g/mol. The predicted molar refractivity (Wildman–Crippen MR) is 284 cm³/mol. The molecule has 10 aromatic rings. The van der Waals surface area contributed by atoms with Gasteiger partial charge in [0.1, 0.15) is 24.0 Å². The lowest BCUT2D eigenvalue weighted by atomic mass is 9.43. The maximum absolute atomic E-state index is 6.88. The molecule has 2 aliphatic rings. The van der Waals surface area contributed by atoms with Crippen LogP contribution in [0.2, 0.25) is 0 Å². The van der Waals surface area contributed by atoms with Crippen molar-refractivity contribution in [3.05, 3.63) is 224 Å². The van der Waals surface area contributed by atoms with Crippen molar-refractivity contribution in [3.8, 4) is 39.6 Å². The predicted octanol–water partition coefficient (Wildman–Crippen LogP) is 16.5. The number of pyridine rings is 2. The molecule has 1 saturated carbocycles. The lowest BCUT2D eigenvalue weighted by Crippen LogP contribution is -2.56. The molecule has 6 nitrogen and oxygen atoms in total. The molecule has 0 spiro atoms. The Morgan fingerprint density at radius 3 is 1.84 bits per heavy atom. The molecule has 1 aliphatic heterocycles. The van der Waals surface area contributed by atoms with Gasteiger partial charge >= 0.3 is 0 Å². The number of fused-ring (bicyclic) bond motifs is 4. The van der Waals surface area contributed by atoms with Crippen molar-refractivity contribution in [3.63, 3.8) is 0 Å². The fraction of sp³-hybridized carbons (Fsp3) is 0.175. The molecule has 1 fully saturated rings. The molecule has 0 bridgehead atoms. The highest BCUT2D eigenvalue weighted by molar-refractivity contribution is 6.09. The van der Waals surface area contributed by atoms with Crippen LogP contribution in [0.4, 0.5) is 22.9 Å². The van der Waals surface area contributed by atoms with E-state index in [0.29, 0.717) is 6.67 Å².